The number of hydrogen-bond donors (Lipinski definition) is 3. The number of fused-ring (bicyclic) bond motifs is 1. The lowest BCUT2D eigenvalue weighted by Gasteiger charge is -2.12. The van der Waals surface area contributed by atoms with E-state index in [1.54, 1.807) is 28.9 Å². The summed E-state index contributed by atoms with van der Waals surface area (Å²) in [5, 5.41) is 21.1. The van der Waals surface area contributed by atoms with E-state index < -0.39 is 0 Å². The lowest BCUT2D eigenvalue weighted by atomic mass is 10.1. The third-order valence-electron chi connectivity index (χ3n) is 6.28. The number of rotatable bonds is 10. The number of carbonyl (C=O) groups excluding carboxylic acids is 1. The Labute approximate surface area is 235 Å². The van der Waals surface area contributed by atoms with E-state index in [-0.39, 0.29) is 11.7 Å². The van der Waals surface area contributed by atoms with Crippen molar-refractivity contribution in [1.29, 1.82) is 0 Å². The van der Waals surface area contributed by atoms with Crippen LogP contribution in [0.25, 0.3) is 16.9 Å². The van der Waals surface area contributed by atoms with Crippen LogP contribution in [0.4, 0.5) is 5.82 Å². The van der Waals surface area contributed by atoms with Crippen LogP contribution in [0.3, 0.4) is 0 Å². The lowest BCUT2D eigenvalue weighted by Crippen LogP contribution is -2.23. The first-order chi connectivity index (χ1) is 19.1. The number of phenols is 1. The van der Waals surface area contributed by atoms with Gasteiger partial charge in [-0.05, 0) is 63.7 Å². The van der Waals surface area contributed by atoms with E-state index in [1.807, 2.05) is 42.5 Å². The molecule has 5 aromatic rings. The summed E-state index contributed by atoms with van der Waals surface area (Å²) in [6, 6.07) is 27.4. The highest BCUT2D eigenvalue weighted by molar-refractivity contribution is 9.10. The number of hydrogen-bond acceptors (Lipinski definition) is 5. The molecule has 0 bridgehead atoms. The Morgan fingerprint density at radius 1 is 0.949 bits per heavy atom. The molecule has 5 rings (SSSR count). The molecule has 0 saturated heterocycles. The van der Waals surface area contributed by atoms with Crippen LogP contribution in [0.5, 0.6) is 5.75 Å². The quantitative estimate of drug-likeness (QED) is 0.178. The summed E-state index contributed by atoms with van der Waals surface area (Å²) in [5.41, 5.74) is 5.38. The largest absolute Gasteiger partial charge is 0.507 e. The van der Waals surface area contributed by atoms with Crippen LogP contribution in [0.15, 0.2) is 108 Å². The Morgan fingerprint density at radius 2 is 1.69 bits per heavy atom. The van der Waals surface area contributed by atoms with Gasteiger partial charge < -0.3 is 15.7 Å². The van der Waals surface area contributed by atoms with Gasteiger partial charge in [0.25, 0.3) is 0 Å². The van der Waals surface area contributed by atoms with Crippen LogP contribution in [0.2, 0.25) is 0 Å². The molecule has 196 valence electrons. The minimum atomic E-state index is -0.0798. The molecule has 39 heavy (non-hydrogen) atoms. The van der Waals surface area contributed by atoms with Crippen molar-refractivity contribution < 1.29 is 9.90 Å². The number of carbonyl (C=O) groups is 1. The van der Waals surface area contributed by atoms with Gasteiger partial charge in [0.2, 0.25) is 5.91 Å². The van der Waals surface area contributed by atoms with Crippen LogP contribution in [-0.2, 0) is 24.2 Å². The molecular formula is C31H28BrN5O2. The van der Waals surface area contributed by atoms with Crippen LogP contribution >= 0.6 is 15.9 Å². The van der Waals surface area contributed by atoms with E-state index >= 15 is 0 Å². The molecule has 0 saturated carbocycles. The summed E-state index contributed by atoms with van der Waals surface area (Å²) in [5.74, 6) is 0.850. The number of amides is 1. The minimum Gasteiger partial charge on any atom is -0.507 e. The highest BCUT2D eigenvalue weighted by Crippen LogP contribution is 2.31. The normalized spacial score (nSPS) is 11.2. The van der Waals surface area contributed by atoms with E-state index in [2.05, 4.69) is 73.0 Å². The zero-order valence-corrected chi connectivity index (χ0v) is 22.8. The fraction of sp³-hybridized carbons (Fsp3) is 0.129. The van der Waals surface area contributed by atoms with Crippen molar-refractivity contribution in [1.82, 2.24) is 19.9 Å². The molecule has 3 aromatic carbocycles. The first-order valence-corrected chi connectivity index (χ1v) is 13.5. The molecule has 0 spiro atoms. The molecule has 3 N–H and O–H groups in total. The van der Waals surface area contributed by atoms with E-state index in [1.165, 1.54) is 5.56 Å². The number of allylic oxidation sites excluding steroid dienone is 1. The van der Waals surface area contributed by atoms with Crippen molar-refractivity contribution in [2.45, 2.75) is 19.4 Å². The monoisotopic (exact) mass is 581 g/mol. The van der Waals surface area contributed by atoms with Crippen molar-refractivity contribution in [3.05, 3.63) is 124 Å². The SMILES string of the molecule is O=C(/C=C/Cc1ccc(CNc2cc(-c3ccccc3O)nc3c(Br)cnn23)cc1)NCCc1ccccc1. The number of anilines is 1. The van der Waals surface area contributed by atoms with Gasteiger partial charge in [0.1, 0.15) is 11.6 Å². The summed E-state index contributed by atoms with van der Waals surface area (Å²) in [4.78, 5) is 16.8. The summed E-state index contributed by atoms with van der Waals surface area (Å²) in [6.07, 6.45) is 6.67. The summed E-state index contributed by atoms with van der Waals surface area (Å²) < 4.78 is 2.50. The van der Waals surface area contributed by atoms with E-state index in [0.29, 0.717) is 36.4 Å². The van der Waals surface area contributed by atoms with E-state index in [0.717, 1.165) is 27.8 Å². The average Bonchev–Trinajstić information content (AvgIpc) is 3.34. The fourth-order valence-electron chi connectivity index (χ4n) is 4.21. The standard InChI is InChI=1S/C31H28BrN5O2/c32-26-21-35-37-29(19-27(36-31(26)37)25-10-4-5-11-28(25)38)34-20-24-15-13-23(14-16-24)9-6-12-30(39)33-18-17-22-7-2-1-3-8-22/h1-8,10-16,19,21,34,38H,9,17-18,20H2,(H,33,39)/b12-6+. The van der Waals surface area contributed by atoms with Crippen molar-refractivity contribution in [2.24, 2.45) is 0 Å². The predicted octanol–water partition coefficient (Wildman–Crippen LogP) is 5.93. The highest BCUT2D eigenvalue weighted by atomic mass is 79.9. The van der Waals surface area contributed by atoms with E-state index in [9.17, 15) is 9.90 Å². The molecule has 0 aliphatic heterocycles. The number of aromatic hydroxyl groups is 1. The van der Waals surface area contributed by atoms with Gasteiger partial charge in [0, 0.05) is 24.7 Å². The molecule has 0 aliphatic carbocycles. The maximum absolute atomic E-state index is 12.1. The van der Waals surface area contributed by atoms with Crippen LogP contribution < -0.4 is 10.6 Å². The molecule has 2 heterocycles. The second-order valence-corrected chi connectivity index (χ2v) is 9.93. The summed E-state index contributed by atoms with van der Waals surface area (Å²) >= 11 is 3.51. The number of halogens is 1. The van der Waals surface area contributed by atoms with Crippen LogP contribution in [0, 0.1) is 0 Å². The predicted molar refractivity (Wildman–Crippen MR) is 158 cm³/mol. The first-order valence-electron chi connectivity index (χ1n) is 12.7. The first kappa shape index (κ1) is 26.2. The molecule has 1 amide bonds. The van der Waals surface area contributed by atoms with Crippen LogP contribution in [0.1, 0.15) is 16.7 Å². The Kier molecular flexibility index (Phi) is 8.33. The smallest absolute Gasteiger partial charge is 0.243 e. The number of benzene rings is 3. The molecule has 0 unspecified atom stereocenters. The minimum absolute atomic E-state index is 0.0798. The van der Waals surface area contributed by atoms with Crippen molar-refractivity contribution >= 4 is 33.3 Å². The zero-order chi connectivity index (χ0) is 27.0. The maximum atomic E-state index is 12.1. The third kappa shape index (κ3) is 6.72. The summed E-state index contributed by atoms with van der Waals surface area (Å²) in [6.45, 7) is 1.19. The van der Waals surface area contributed by atoms with Crippen molar-refractivity contribution in [3.63, 3.8) is 0 Å². The van der Waals surface area contributed by atoms with Gasteiger partial charge in [-0.15, -0.1) is 0 Å². The number of para-hydroxylation sites is 1. The zero-order valence-electron chi connectivity index (χ0n) is 21.2. The van der Waals surface area contributed by atoms with Gasteiger partial charge >= 0.3 is 0 Å². The molecule has 2 aromatic heterocycles. The molecule has 0 atom stereocenters. The Balaban J connectivity index is 1.17. The maximum Gasteiger partial charge on any atom is 0.243 e. The molecule has 8 heteroatoms. The van der Waals surface area contributed by atoms with Crippen molar-refractivity contribution in [3.8, 4) is 17.0 Å². The fourth-order valence-corrected chi connectivity index (χ4v) is 4.56. The molecular weight excluding hydrogens is 554 g/mol. The number of nitrogens with one attached hydrogen (secondary N) is 2. The van der Waals surface area contributed by atoms with Gasteiger partial charge in [0.05, 0.1) is 16.4 Å². The molecule has 7 nitrogen and oxygen atoms in total. The van der Waals surface area contributed by atoms with Gasteiger partial charge in [-0.3, -0.25) is 4.79 Å². The summed E-state index contributed by atoms with van der Waals surface area (Å²) in [7, 11) is 0. The van der Waals surface area contributed by atoms with Gasteiger partial charge in [-0.2, -0.15) is 9.61 Å². The second kappa shape index (κ2) is 12.4. The third-order valence-corrected chi connectivity index (χ3v) is 6.84. The Hall–Kier alpha value is -4.43. The second-order valence-electron chi connectivity index (χ2n) is 9.07. The highest BCUT2D eigenvalue weighted by Gasteiger charge is 2.13. The topological polar surface area (TPSA) is 91.5 Å². The van der Waals surface area contributed by atoms with E-state index in [4.69, 9.17) is 0 Å². The van der Waals surface area contributed by atoms with Crippen LogP contribution in [-0.4, -0.2) is 32.2 Å². The van der Waals surface area contributed by atoms with Gasteiger partial charge in [-0.25, -0.2) is 4.98 Å². The molecule has 0 radical (unpaired) electrons. The Morgan fingerprint density at radius 3 is 2.49 bits per heavy atom. The Bertz CT molecular complexity index is 1600. The van der Waals surface area contributed by atoms with Crippen molar-refractivity contribution in [2.75, 3.05) is 11.9 Å². The van der Waals surface area contributed by atoms with Gasteiger partial charge in [0.15, 0.2) is 5.65 Å². The number of aromatic nitrogens is 3. The molecule has 0 fully saturated rings. The lowest BCUT2D eigenvalue weighted by molar-refractivity contribution is -0.116. The number of phenolic OH excluding ortho intramolecular Hbond substituents is 1. The number of nitrogens with zero attached hydrogens (tertiary/aromatic N) is 3. The van der Waals surface area contributed by atoms with Gasteiger partial charge in [-0.1, -0.05) is 72.8 Å². The average molecular weight is 583 g/mol. The molecule has 0 aliphatic rings.